The first kappa shape index (κ1) is 21.9. The third kappa shape index (κ3) is 4.59. The van der Waals surface area contributed by atoms with Crippen molar-refractivity contribution in [3.05, 3.63) is 63.3 Å². The van der Waals surface area contributed by atoms with Crippen LogP contribution >= 0.6 is 0 Å². The molecule has 1 saturated carbocycles. The van der Waals surface area contributed by atoms with Crippen LogP contribution in [-0.2, 0) is 29.0 Å². The number of hydrogen-bond donors (Lipinski definition) is 1. The Labute approximate surface area is 194 Å². The molecule has 7 heteroatoms. The normalized spacial score (nSPS) is 21.2. The van der Waals surface area contributed by atoms with Crippen molar-refractivity contribution in [2.75, 3.05) is 13.1 Å². The summed E-state index contributed by atoms with van der Waals surface area (Å²) in [6, 6.07) is 9.57. The van der Waals surface area contributed by atoms with Gasteiger partial charge in [-0.1, -0.05) is 43.2 Å². The summed E-state index contributed by atoms with van der Waals surface area (Å²) in [6.45, 7) is 1.63. The van der Waals surface area contributed by atoms with E-state index < -0.39 is 0 Å². The van der Waals surface area contributed by atoms with Gasteiger partial charge in [-0.05, 0) is 37.7 Å². The fourth-order valence-electron chi connectivity index (χ4n) is 5.61. The van der Waals surface area contributed by atoms with E-state index >= 15 is 0 Å². The number of amides is 2. The van der Waals surface area contributed by atoms with Crippen LogP contribution in [0.2, 0.25) is 0 Å². The lowest BCUT2D eigenvalue weighted by atomic mass is 9.98. The van der Waals surface area contributed by atoms with E-state index in [1.54, 1.807) is 0 Å². The fourth-order valence-corrected chi connectivity index (χ4v) is 5.61. The van der Waals surface area contributed by atoms with E-state index in [-0.39, 0.29) is 29.3 Å². The third-order valence-electron chi connectivity index (χ3n) is 7.44. The molecule has 2 amide bonds. The number of aromatic nitrogens is 2. The molecule has 1 saturated heterocycles. The molecule has 3 aliphatic rings. The summed E-state index contributed by atoms with van der Waals surface area (Å²) in [7, 11) is 0. The molecule has 1 N–H and O–H groups in total. The van der Waals surface area contributed by atoms with Crippen LogP contribution in [-0.4, -0.2) is 44.7 Å². The van der Waals surface area contributed by atoms with Gasteiger partial charge < -0.3 is 14.8 Å². The highest BCUT2D eigenvalue weighted by molar-refractivity contribution is 5.80. The maximum absolute atomic E-state index is 13.1. The van der Waals surface area contributed by atoms with Gasteiger partial charge >= 0.3 is 0 Å². The molecule has 2 aromatic rings. The summed E-state index contributed by atoms with van der Waals surface area (Å²) in [6.07, 6.45) is 7.87. The number of carbonyl (C=O) groups is 2. The molecular weight excluding hydrogens is 416 g/mol. The molecule has 0 radical (unpaired) electrons. The third-order valence-corrected chi connectivity index (χ3v) is 7.44. The molecule has 1 aromatic heterocycles. The topological polar surface area (TPSA) is 86.4 Å². The Balaban J connectivity index is 1.35. The second-order valence-electron chi connectivity index (χ2n) is 9.63. The number of likely N-dealkylation sites (tertiary alicyclic amines) is 1. The Hall–Kier alpha value is -2.96. The fraction of sp³-hybridized carbons (Fsp3) is 0.538. The maximum atomic E-state index is 13.1. The van der Waals surface area contributed by atoms with Gasteiger partial charge in [0.25, 0.3) is 5.56 Å². The second-order valence-corrected chi connectivity index (χ2v) is 9.63. The van der Waals surface area contributed by atoms with Gasteiger partial charge in [-0.3, -0.25) is 14.4 Å². The first-order valence-corrected chi connectivity index (χ1v) is 12.3. The van der Waals surface area contributed by atoms with Gasteiger partial charge in [-0.15, -0.1) is 0 Å². The van der Waals surface area contributed by atoms with Crippen molar-refractivity contribution >= 4 is 11.8 Å². The van der Waals surface area contributed by atoms with Gasteiger partial charge in [0, 0.05) is 25.4 Å². The SMILES string of the molecule is O=C(C1CCCC1)N1CCc2nc([C@@H]3CCCCN3C(=O)Cc3ccccc3)[nH]c(=O)c2C1. The number of nitrogens with zero attached hydrogens (tertiary/aromatic N) is 3. The van der Waals surface area contributed by atoms with Gasteiger partial charge in [-0.25, -0.2) is 4.98 Å². The Morgan fingerprint density at radius 2 is 1.76 bits per heavy atom. The van der Waals surface area contributed by atoms with Crippen LogP contribution in [0.3, 0.4) is 0 Å². The van der Waals surface area contributed by atoms with Crippen LogP contribution in [0.4, 0.5) is 0 Å². The zero-order chi connectivity index (χ0) is 22.8. The van der Waals surface area contributed by atoms with Gasteiger partial charge in [0.05, 0.1) is 30.3 Å². The minimum atomic E-state index is -0.203. The molecule has 1 atom stereocenters. The van der Waals surface area contributed by atoms with Gasteiger partial charge in [0.1, 0.15) is 5.82 Å². The summed E-state index contributed by atoms with van der Waals surface area (Å²) >= 11 is 0. The lowest BCUT2D eigenvalue weighted by Crippen LogP contribution is -2.44. The molecule has 1 aliphatic carbocycles. The molecule has 0 bridgehead atoms. The Morgan fingerprint density at radius 1 is 1.00 bits per heavy atom. The van der Waals surface area contributed by atoms with E-state index in [1.165, 1.54) is 0 Å². The average molecular weight is 449 g/mol. The average Bonchev–Trinajstić information content (AvgIpc) is 3.39. The van der Waals surface area contributed by atoms with Gasteiger partial charge in [-0.2, -0.15) is 0 Å². The van der Waals surface area contributed by atoms with Crippen molar-refractivity contribution in [1.29, 1.82) is 0 Å². The molecule has 2 fully saturated rings. The predicted molar refractivity (Wildman–Crippen MR) is 124 cm³/mol. The zero-order valence-corrected chi connectivity index (χ0v) is 19.1. The minimum Gasteiger partial charge on any atom is -0.337 e. The van der Waals surface area contributed by atoms with Crippen molar-refractivity contribution in [2.24, 2.45) is 5.92 Å². The van der Waals surface area contributed by atoms with Crippen molar-refractivity contribution in [2.45, 2.75) is 70.4 Å². The molecule has 1 aromatic carbocycles. The number of H-pyrrole nitrogens is 1. The van der Waals surface area contributed by atoms with Crippen LogP contribution in [0, 0.1) is 5.92 Å². The number of fused-ring (bicyclic) bond motifs is 1. The number of nitrogens with one attached hydrogen (secondary N) is 1. The van der Waals surface area contributed by atoms with Crippen molar-refractivity contribution in [3.63, 3.8) is 0 Å². The molecule has 174 valence electrons. The van der Waals surface area contributed by atoms with Crippen LogP contribution in [0.15, 0.2) is 35.1 Å². The number of carbonyl (C=O) groups excluding carboxylic acids is 2. The largest absolute Gasteiger partial charge is 0.337 e. The van der Waals surface area contributed by atoms with Crippen LogP contribution in [0.1, 0.15) is 73.6 Å². The summed E-state index contributed by atoms with van der Waals surface area (Å²) < 4.78 is 0. The summed E-state index contributed by atoms with van der Waals surface area (Å²) in [4.78, 5) is 50.6. The molecule has 5 rings (SSSR count). The second kappa shape index (κ2) is 9.49. The number of aromatic amines is 1. The van der Waals surface area contributed by atoms with E-state index in [4.69, 9.17) is 4.98 Å². The summed E-state index contributed by atoms with van der Waals surface area (Å²) in [5.41, 5.74) is 2.21. The highest BCUT2D eigenvalue weighted by Gasteiger charge is 2.33. The zero-order valence-electron chi connectivity index (χ0n) is 19.1. The molecular formula is C26H32N4O3. The predicted octanol–water partition coefficient (Wildman–Crippen LogP) is 3.14. The summed E-state index contributed by atoms with van der Waals surface area (Å²) in [5, 5.41) is 0. The van der Waals surface area contributed by atoms with Crippen molar-refractivity contribution in [1.82, 2.24) is 19.8 Å². The highest BCUT2D eigenvalue weighted by atomic mass is 16.2. The quantitative estimate of drug-likeness (QED) is 0.779. The molecule has 2 aliphatic heterocycles. The monoisotopic (exact) mass is 448 g/mol. The standard InChI is InChI=1S/C26H32N4O3/c31-23(16-18-8-2-1-3-9-18)30-14-7-6-12-22(30)24-27-21-13-15-29(17-20(21)25(32)28-24)26(33)19-10-4-5-11-19/h1-3,8-9,19,22H,4-7,10-17H2,(H,27,28,32)/t22-/m0/s1. The number of piperidine rings is 1. The molecule has 33 heavy (non-hydrogen) atoms. The minimum absolute atomic E-state index is 0.0691. The van der Waals surface area contributed by atoms with Crippen LogP contribution in [0.25, 0.3) is 0 Å². The van der Waals surface area contributed by atoms with E-state index in [2.05, 4.69) is 4.98 Å². The highest BCUT2D eigenvalue weighted by Crippen LogP contribution is 2.31. The van der Waals surface area contributed by atoms with E-state index in [0.29, 0.717) is 43.9 Å². The lowest BCUT2D eigenvalue weighted by molar-refractivity contribution is -0.136. The molecule has 7 nitrogen and oxygen atoms in total. The first-order chi connectivity index (χ1) is 16.1. The maximum Gasteiger partial charge on any atom is 0.256 e. The number of hydrogen-bond acceptors (Lipinski definition) is 4. The Bertz CT molecular complexity index is 1070. The van der Waals surface area contributed by atoms with Gasteiger partial charge in [0.15, 0.2) is 0 Å². The number of benzene rings is 1. The van der Waals surface area contributed by atoms with E-state index in [9.17, 15) is 14.4 Å². The Kier molecular flexibility index (Phi) is 6.29. The van der Waals surface area contributed by atoms with Crippen molar-refractivity contribution in [3.8, 4) is 0 Å². The summed E-state index contributed by atoms with van der Waals surface area (Å²) in [5.74, 6) is 0.964. The van der Waals surface area contributed by atoms with Gasteiger partial charge in [0.2, 0.25) is 11.8 Å². The number of rotatable bonds is 4. The smallest absolute Gasteiger partial charge is 0.256 e. The Morgan fingerprint density at radius 3 is 2.55 bits per heavy atom. The van der Waals surface area contributed by atoms with Crippen LogP contribution in [0.5, 0.6) is 0 Å². The van der Waals surface area contributed by atoms with Crippen LogP contribution < -0.4 is 5.56 Å². The molecule has 0 spiro atoms. The lowest BCUT2D eigenvalue weighted by Gasteiger charge is -2.36. The molecule has 3 heterocycles. The molecule has 0 unspecified atom stereocenters. The van der Waals surface area contributed by atoms with E-state index in [0.717, 1.165) is 56.2 Å². The van der Waals surface area contributed by atoms with Crippen molar-refractivity contribution < 1.29 is 9.59 Å². The van der Waals surface area contributed by atoms with E-state index in [1.807, 2.05) is 40.1 Å². The first-order valence-electron chi connectivity index (χ1n) is 12.3.